The van der Waals surface area contributed by atoms with Gasteiger partial charge in [-0.15, -0.1) is 0 Å². The molecule has 3 heteroatoms. The predicted octanol–water partition coefficient (Wildman–Crippen LogP) is 4.63. The SMILES string of the molecule is Cc1cc(Cl)ccc1CNc1ccc(N(C)C)cc1C. The van der Waals surface area contributed by atoms with Gasteiger partial charge in [-0.2, -0.15) is 0 Å². The summed E-state index contributed by atoms with van der Waals surface area (Å²) in [5, 5.41) is 4.28. The second-order valence-electron chi connectivity index (χ2n) is 5.32. The monoisotopic (exact) mass is 288 g/mol. The Labute approximate surface area is 126 Å². The smallest absolute Gasteiger partial charge is 0.0408 e. The number of nitrogens with zero attached hydrogens (tertiary/aromatic N) is 1. The third kappa shape index (κ3) is 3.45. The lowest BCUT2D eigenvalue weighted by molar-refractivity contribution is 1.10. The van der Waals surface area contributed by atoms with Gasteiger partial charge in [0, 0.05) is 37.0 Å². The van der Waals surface area contributed by atoms with Crippen LogP contribution in [0.5, 0.6) is 0 Å². The molecule has 0 unspecified atom stereocenters. The van der Waals surface area contributed by atoms with Crippen LogP contribution in [-0.2, 0) is 6.54 Å². The van der Waals surface area contributed by atoms with Gasteiger partial charge in [0.2, 0.25) is 0 Å². The van der Waals surface area contributed by atoms with Gasteiger partial charge in [-0.25, -0.2) is 0 Å². The topological polar surface area (TPSA) is 15.3 Å². The number of aryl methyl sites for hydroxylation is 2. The molecule has 0 aliphatic heterocycles. The van der Waals surface area contributed by atoms with Crippen molar-refractivity contribution >= 4 is 23.0 Å². The van der Waals surface area contributed by atoms with E-state index in [0.717, 1.165) is 11.6 Å². The number of hydrogen-bond donors (Lipinski definition) is 1. The van der Waals surface area contributed by atoms with Crippen LogP contribution in [0.1, 0.15) is 16.7 Å². The molecule has 2 aromatic carbocycles. The molecular weight excluding hydrogens is 268 g/mol. The Hall–Kier alpha value is -1.67. The molecule has 0 heterocycles. The van der Waals surface area contributed by atoms with Gasteiger partial charge in [0.05, 0.1) is 0 Å². The first kappa shape index (κ1) is 14.7. The fourth-order valence-electron chi connectivity index (χ4n) is 2.17. The number of nitrogens with one attached hydrogen (secondary N) is 1. The Morgan fingerprint density at radius 2 is 1.75 bits per heavy atom. The lowest BCUT2D eigenvalue weighted by Crippen LogP contribution is -2.09. The minimum atomic E-state index is 0.790. The predicted molar refractivity (Wildman–Crippen MR) is 89.0 cm³/mol. The third-order valence-electron chi connectivity index (χ3n) is 3.50. The summed E-state index contributed by atoms with van der Waals surface area (Å²) in [5.74, 6) is 0. The van der Waals surface area contributed by atoms with E-state index in [-0.39, 0.29) is 0 Å². The molecule has 2 nitrogen and oxygen atoms in total. The molecule has 0 aromatic heterocycles. The van der Waals surface area contributed by atoms with Crippen molar-refractivity contribution in [3.05, 3.63) is 58.1 Å². The Morgan fingerprint density at radius 3 is 2.35 bits per heavy atom. The van der Waals surface area contributed by atoms with Gasteiger partial charge in [0.1, 0.15) is 0 Å². The van der Waals surface area contributed by atoms with Crippen LogP contribution in [0.25, 0.3) is 0 Å². The zero-order chi connectivity index (χ0) is 14.7. The minimum Gasteiger partial charge on any atom is -0.381 e. The molecule has 2 aromatic rings. The van der Waals surface area contributed by atoms with Crippen molar-refractivity contribution in [2.45, 2.75) is 20.4 Å². The minimum absolute atomic E-state index is 0.790. The van der Waals surface area contributed by atoms with Gasteiger partial charge in [0.15, 0.2) is 0 Å². The van der Waals surface area contributed by atoms with Crippen molar-refractivity contribution in [1.29, 1.82) is 0 Å². The molecule has 2 rings (SSSR count). The van der Waals surface area contributed by atoms with Crippen molar-refractivity contribution in [3.63, 3.8) is 0 Å². The molecule has 0 saturated carbocycles. The molecule has 106 valence electrons. The van der Waals surface area contributed by atoms with Gasteiger partial charge in [-0.1, -0.05) is 17.7 Å². The normalized spacial score (nSPS) is 10.4. The van der Waals surface area contributed by atoms with E-state index >= 15 is 0 Å². The van der Waals surface area contributed by atoms with Crippen LogP contribution < -0.4 is 10.2 Å². The highest BCUT2D eigenvalue weighted by Crippen LogP contribution is 2.23. The number of halogens is 1. The van der Waals surface area contributed by atoms with Crippen LogP contribution in [0.15, 0.2) is 36.4 Å². The molecule has 0 saturated heterocycles. The molecule has 20 heavy (non-hydrogen) atoms. The maximum Gasteiger partial charge on any atom is 0.0408 e. The van der Waals surface area contributed by atoms with Crippen LogP contribution in [0.4, 0.5) is 11.4 Å². The second kappa shape index (κ2) is 6.19. The second-order valence-corrected chi connectivity index (χ2v) is 5.75. The lowest BCUT2D eigenvalue weighted by Gasteiger charge is -2.16. The summed E-state index contributed by atoms with van der Waals surface area (Å²) < 4.78 is 0. The van der Waals surface area contributed by atoms with Crippen LogP contribution in [0.2, 0.25) is 5.02 Å². The van der Waals surface area contributed by atoms with Crippen molar-refractivity contribution in [3.8, 4) is 0 Å². The highest BCUT2D eigenvalue weighted by Gasteiger charge is 2.03. The Balaban J connectivity index is 2.11. The van der Waals surface area contributed by atoms with E-state index in [4.69, 9.17) is 11.6 Å². The van der Waals surface area contributed by atoms with Gasteiger partial charge in [-0.05, 0) is 60.9 Å². The maximum atomic E-state index is 5.98. The van der Waals surface area contributed by atoms with Crippen LogP contribution in [0, 0.1) is 13.8 Å². The summed E-state index contributed by atoms with van der Waals surface area (Å²) in [6.07, 6.45) is 0. The fraction of sp³-hybridized carbons (Fsp3) is 0.294. The Morgan fingerprint density at radius 1 is 1.00 bits per heavy atom. The summed E-state index contributed by atoms with van der Waals surface area (Å²) in [6, 6.07) is 12.5. The average Bonchev–Trinajstić information content (AvgIpc) is 2.38. The third-order valence-corrected chi connectivity index (χ3v) is 3.74. The van der Waals surface area contributed by atoms with Crippen molar-refractivity contribution in [2.75, 3.05) is 24.3 Å². The maximum absolute atomic E-state index is 5.98. The molecule has 0 atom stereocenters. The molecule has 0 radical (unpaired) electrons. The summed E-state index contributed by atoms with van der Waals surface area (Å²) in [4.78, 5) is 2.11. The van der Waals surface area contributed by atoms with E-state index in [9.17, 15) is 0 Å². The number of anilines is 2. The molecular formula is C17H21ClN2. The van der Waals surface area contributed by atoms with E-state index in [0.29, 0.717) is 0 Å². The lowest BCUT2D eigenvalue weighted by atomic mass is 10.1. The van der Waals surface area contributed by atoms with Gasteiger partial charge in [0.25, 0.3) is 0 Å². The molecule has 0 amide bonds. The van der Waals surface area contributed by atoms with E-state index in [1.807, 2.05) is 12.1 Å². The molecule has 0 aliphatic carbocycles. The number of benzene rings is 2. The van der Waals surface area contributed by atoms with Crippen molar-refractivity contribution < 1.29 is 0 Å². The van der Waals surface area contributed by atoms with Crippen molar-refractivity contribution in [2.24, 2.45) is 0 Å². The van der Waals surface area contributed by atoms with E-state index < -0.39 is 0 Å². The summed E-state index contributed by atoms with van der Waals surface area (Å²) >= 11 is 5.98. The van der Waals surface area contributed by atoms with Gasteiger partial charge >= 0.3 is 0 Å². The highest BCUT2D eigenvalue weighted by atomic mass is 35.5. The quantitative estimate of drug-likeness (QED) is 0.882. The fourth-order valence-corrected chi connectivity index (χ4v) is 2.40. The highest BCUT2D eigenvalue weighted by molar-refractivity contribution is 6.30. The summed E-state index contributed by atoms with van der Waals surface area (Å²) in [6.45, 7) is 5.03. The van der Waals surface area contributed by atoms with Gasteiger partial charge in [-0.3, -0.25) is 0 Å². The zero-order valence-electron chi connectivity index (χ0n) is 12.5. The molecule has 0 fully saturated rings. The first-order chi connectivity index (χ1) is 9.47. The molecule has 0 bridgehead atoms. The largest absolute Gasteiger partial charge is 0.381 e. The van der Waals surface area contributed by atoms with Crippen LogP contribution in [-0.4, -0.2) is 14.1 Å². The molecule has 1 N–H and O–H groups in total. The molecule has 0 spiro atoms. The Bertz CT molecular complexity index is 606. The summed E-state index contributed by atoms with van der Waals surface area (Å²) in [7, 11) is 4.11. The van der Waals surface area contributed by atoms with Crippen LogP contribution in [0.3, 0.4) is 0 Å². The Kier molecular flexibility index (Phi) is 4.56. The van der Waals surface area contributed by atoms with Crippen molar-refractivity contribution in [1.82, 2.24) is 0 Å². The van der Waals surface area contributed by atoms with Crippen LogP contribution >= 0.6 is 11.6 Å². The first-order valence-corrected chi connectivity index (χ1v) is 7.12. The van der Waals surface area contributed by atoms with E-state index in [2.05, 4.69) is 62.4 Å². The van der Waals surface area contributed by atoms with Gasteiger partial charge < -0.3 is 10.2 Å². The number of rotatable bonds is 4. The molecule has 0 aliphatic rings. The van der Waals surface area contributed by atoms with E-state index in [1.54, 1.807) is 0 Å². The average molecular weight is 289 g/mol. The first-order valence-electron chi connectivity index (χ1n) is 6.74. The standard InChI is InChI=1S/C17H21ClN2/c1-12-9-15(18)6-5-14(12)11-19-17-8-7-16(20(3)4)10-13(17)2/h5-10,19H,11H2,1-4H3. The summed E-state index contributed by atoms with van der Waals surface area (Å²) in [5.41, 5.74) is 6.13. The number of hydrogen-bond acceptors (Lipinski definition) is 2. The van der Waals surface area contributed by atoms with E-state index in [1.165, 1.54) is 28.1 Å². The zero-order valence-corrected chi connectivity index (χ0v) is 13.3.